The molecule has 1 heterocycles. The molecule has 0 bridgehead atoms. The van der Waals surface area contributed by atoms with Crippen molar-refractivity contribution in [2.45, 2.75) is 90.4 Å². The van der Waals surface area contributed by atoms with E-state index in [2.05, 4.69) is 52.7 Å². The second kappa shape index (κ2) is 14.0. The fourth-order valence-corrected chi connectivity index (χ4v) is 3.69. The Kier molecular flexibility index (Phi) is 11.2. The van der Waals surface area contributed by atoms with Crippen molar-refractivity contribution in [3.8, 4) is 5.69 Å². The van der Waals surface area contributed by atoms with Crippen LogP contribution in [0.1, 0.15) is 88.9 Å². The van der Waals surface area contributed by atoms with Gasteiger partial charge >= 0.3 is 5.97 Å². The van der Waals surface area contributed by atoms with E-state index >= 15 is 0 Å². The number of esters is 1. The number of rotatable bonds is 15. The van der Waals surface area contributed by atoms with Crippen LogP contribution in [0.4, 0.5) is 0 Å². The predicted molar refractivity (Wildman–Crippen MR) is 119 cm³/mol. The molecule has 0 radical (unpaired) electrons. The van der Waals surface area contributed by atoms with E-state index in [1.807, 2.05) is 0 Å². The van der Waals surface area contributed by atoms with Crippen LogP contribution in [0, 0.1) is 0 Å². The third-order valence-corrected chi connectivity index (χ3v) is 5.41. The third kappa shape index (κ3) is 8.84. The molecule has 1 aromatic heterocycles. The molecule has 0 aliphatic heterocycles. The van der Waals surface area contributed by atoms with E-state index in [-0.39, 0.29) is 5.97 Å². The quantitative estimate of drug-likeness (QED) is 0.256. The molecule has 0 saturated carbocycles. The fourth-order valence-electron chi connectivity index (χ4n) is 3.69. The molecule has 4 nitrogen and oxygen atoms in total. The lowest BCUT2D eigenvalue weighted by Gasteiger charge is -2.07. The van der Waals surface area contributed by atoms with Crippen molar-refractivity contribution >= 4 is 5.97 Å². The van der Waals surface area contributed by atoms with Crippen molar-refractivity contribution in [2.24, 2.45) is 0 Å². The van der Waals surface area contributed by atoms with Crippen LogP contribution >= 0.6 is 0 Å². The summed E-state index contributed by atoms with van der Waals surface area (Å²) in [6.07, 6.45) is 14.7. The van der Waals surface area contributed by atoms with Gasteiger partial charge in [-0.15, -0.1) is 0 Å². The van der Waals surface area contributed by atoms with E-state index < -0.39 is 0 Å². The molecule has 2 rings (SSSR count). The van der Waals surface area contributed by atoms with Crippen LogP contribution in [-0.4, -0.2) is 22.9 Å². The Morgan fingerprint density at radius 1 is 0.897 bits per heavy atom. The van der Waals surface area contributed by atoms with Crippen LogP contribution in [0.25, 0.3) is 5.69 Å². The summed E-state index contributed by atoms with van der Waals surface area (Å²) in [5, 5.41) is 4.91. The minimum atomic E-state index is -0.0929. The summed E-state index contributed by atoms with van der Waals surface area (Å²) in [7, 11) is 1.46. The van der Waals surface area contributed by atoms with Gasteiger partial charge in [0.1, 0.15) is 0 Å². The zero-order chi connectivity index (χ0) is 20.7. The predicted octanol–water partition coefficient (Wildman–Crippen LogP) is 6.44. The van der Waals surface area contributed by atoms with Crippen molar-refractivity contribution in [3.05, 3.63) is 47.8 Å². The van der Waals surface area contributed by atoms with Gasteiger partial charge in [0.05, 0.1) is 18.5 Å². The highest BCUT2D eigenvalue weighted by Crippen LogP contribution is 2.18. The van der Waals surface area contributed by atoms with Crippen LogP contribution in [0.2, 0.25) is 0 Å². The average molecular weight is 399 g/mol. The number of methoxy groups -OCH3 is 1. The lowest BCUT2D eigenvalue weighted by Crippen LogP contribution is -2.02. The number of aryl methyl sites for hydroxylation is 2. The number of para-hydroxylation sites is 1. The van der Waals surface area contributed by atoms with Gasteiger partial charge in [0.25, 0.3) is 0 Å². The van der Waals surface area contributed by atoms with Crippen LogP contribution in [0.3, 0.4) is 0 Å². The number of ether oxygens (including phenoxy) is 1. The molecule has 4 heteroatoms. The molecular weight excluding hydrogens is 360 g/mol. The van der Waals surface area contributed by atoms with Gasteiger partial charge in [-0.25, -0.2) is 4.68 Å². The largest absolute Gasteiger partial charge is 0.469 e. The number of carbonyl (C=O) groups is 1. The minimum Gasteiger partial charge on any atom is -0.469 e. The summed E-state index contributed by atoms with van der Waals surface area (Å²) in [4.78, 5) is 11.1. The second-order valence-corrected chi connectivity index (χ2v) is 7.88. The lowest BCUT2D eigenvalue weighted by molar-refractivity contribution is -0.140. The maximum atomic E-state index is 11.1. The van der Waals surface area contributed by atoms with Crippen LogP contribution in [0.5, 0.6) is 0 Å². The molecule has 0 amide bonds. The van der Waals surface area contributed by atoms with Gasteiger partial charge in [-0.2, -0.15) is 5.10 Å². The fraction of sp³-hybridized carbons (Fsp3) is 0.600. The van der Waals surface area contributed by atoms with Crippen molar-refractivity contribution < 1.29 is 9.53 Å². The first kappa shape index (κ1) is 23.2. The Labute approximate surface area is 176 Å². The summed E-state index contributed by atoms with van der Waals surface area (Å²) in [5.74, 6) is -0.0929. The molecule has 0 aliphatic rings. The van der Waals surface area contributed by atoms with E-state index in [0.29, 0.717) is 6.42 Å². The zero-order valence-electron chi connectivity index (χ0n) is 18.4. The van der Waals surface area contributed by atoms with Crippen LogP contribution in [0.15, 0.2) is 36.4 Å². The van der Waals surface area contributed by atoms with E-state index in [1.54, 1.807) is 0 Å². The van der Waals surface area contributed by atoms with Gasteiger partial charge in [-0.1, -0.05) is 70.1 Å². The molecule has 0 saturated heterocycles. The van der Waals surface area contributed by atoms with Crippen molar-refractivity contribution in [2.75, 3.05) is 7.11 Å². The first-order valence-corrected chi connectivity index (χ1v) is 11.4. The van der Waals surface area contributed by atoms with Gasteiger partial charge in [0.15, 0.2) is 0 Å². The standard InChI is InChI=1S/C25H38N2O2/c1-3-4-5-11-16-22-21-24(27(26-22)23-17-13-10-14-18-23)19-12-8-6-7-9-15-20-25(28)29-2/h10,13-14,17-18,21H,3-9,11-12,15-16,19-20H2,1-2H3. The maximum Gasteiger partial charge on any atom is 0.305 e. The normalized spacial score (nSPS) is 11.0. The molecular formula is C25H38N2O2. The van der Waals surface area contributed by atoms with E-state index in [9.17, 15) is 4.79 Å². The number of unbranched alkanes of at least 4 members (excludes halogenated alkanes) is 8. The highest BCUT2D eigenvalue weighted by Gasteiger charge is 2.09. The number of hydrogen-bond acceptors (Lipinski definition) is 3. The molecule has 0 unspecified atom stereocenters. The minimum absolute atomic E-state index is 0.0929. The molecule has 0 fully saturated rings. The summed E-state index contributed by atoms with van der Waals surface area (Å²) in [5.41, 5.74) is 3.71. The third-order valence-electron chi connectivity index (χ3n) is 5.41. The maximum absolute atomic E-state index is 11.1. The smallest absolute Gasteiger partial charge is 0.305 e. The summed E-state index contributed by atoms with van der Waals surface area (Å²) < 4.78 is 6.83. The number of hydrogen-bond donors (Lipinski definition) is 0. The van der Waals surface area contributed by atoms with Crippen molar-refractivity contribution in [3.63, 3.8) is 0 Å². The van der Waals surface area contributed by atoms with Gasteiger partial charge in [0.2, 0.25) is 0 Å². The van der Waals surface area contributed by atoms with E-state index in [1.165, 1.54) is 69.9 Å². The van der Waals surface area contributed by atoms with Crippen LogP contribution < -0.4 is 0 Å². The van der Waals surface area contributed by atoms with E-state index in [0.717, 1.165) is 31.4 Å². The SMILES string of the molecule is CCCCCCc1cc(CCCCCCCCC(=O)OC)n(-c2ccccc2)n1. The molecule has 0 aliphatic carbocycles. The Balaban J connectivity index is 1.80. The Hall–Kier alpha value is -2.10. The lowest BCUT2D eigenvalue weighted by atomic mass is 10.1. The number of aromatic nitrogens is 2. The Bertz CT molecular complexity index is 694. The van der Waals surface area contributed by atoms with E-state index in [4.69, 9.17) is 5.10 Å². The highest BCUT2D eigenvalue weighted by atomic mass is 16.5. The summed E-state index contributed by atoms with van der Waals surface area (Å²) in [6.45, 7) is 2.25. The molecule has 29 heavy (non-hydrogen) atoms. The topological polar surface area (TPSA) is 44.1 Å². The van der Waals surface area contributed by atoms with Crippen LogP contribution in [-0.2, 0) is 22.4 Å². The average Bonchev–Trinajstić information content (AvgIpc) is 3.16. The zero-order valence-corrected chi connectivity index (χ0v) is 18.4. The Morgan fingerprint density at radius 3 is 2.28 bits per heavy atom. The number of benzene rings is 1. The van der Waals surface area contributed by atoms with Gasteiger partial charge in [0, 0.05) is 12.1 Å². The van der Waals surface area contributed by atoms with Crippen molar-refractivity contribution in [1.82, 2.24) is 9.78 Å². The Morgan fingerprint density at radius 2 is 1.55 bits per heavy atom. The summed E-state index contributed by atoms with van der Waals surface area (Å²) >= 11 is 0. The van der Waals surface area contributed by atoms with Gasteiger partial charge in [-0.05, 0) is 50.3 Å². The number of carbonyl (C=O) groups excluding carboxylic acids is 1. The van der Waals surface area contributed by atoms with Gasteiger partial charge in [-0.3, -0.25) is 4.79 Å². The molecule has 0 N–H and O–H groups in total. The molecule has 0 atom stereocenters. The van der Waals surface area contributed by atoms with Crippen molar-refractivity contribution in [1.29, 1.82) is 0 Å². The monoisotopic (exact) mass is 398 g/mol. The highest BCUT2D eigenvalue weighted by molar-refractivity contribution is 5.68. The first-order valence-electron chi connectivity index (χ1n) is 11.4. The summed E-state index contributed by atoms with van der Waals surface area (Å²) in [6, 6.07) is 12.8. The van der Waals surface area contributed by atoms with Gasteiger partial charge < -0.3 is 4.74 Å². The molecule has 160 valence electrons. The molecule has 0 spiro atoms. The molecule has 2 aromatic rings. The molecule has 1 aromatic carbocycles. The second-order valence-electron chi connectivity index (χ2n) is 7.88. The first-order chi connectivity index (χ1) is 14.2. The number of nitrogens with zero attached hydrogens (tertiary/aromatic N) is 2.